The van der Waals surface area contributed by atoms with Crippen LogP contribution in [0.5, 0.6) is 0 Å². The highest BCUT2D eigenvalue weighted by Crippen LogP contribution is 2.19. The zero-order chi connectivity index (χ0) is 8.65. The van der Waals surface area contributed by atoms with Crippen molar-refractivity contribution in [2.24, 2.45) is 4.99 Å². The molecule has 0 saturated heterocycles. The van der Waals surface area contributed by atoms with E-state index in [1.54, 1.807) is 0 Å². The molecule has 1 aliphatic rings. The third-order valence-corrected chi connectivity index (χ3v) is 2.58. The molecule has 0 aromatic rings. The van der Waals surface area contributed by atoms with Crippen LogP contribution in [0.1, 0.15) is 58.3 Å². The Balaban J connectivity index is 2.07. The summed E-state index contributed by atoms with van der Waals surface area (Å²) in [5.74, 6) is 0. The average Bonchev–Trinajstić information content (AvgIpc) is 2.14. The minimum atomic E-state index is 0.676. The van der Waals surface area contributed by atoms with Crippen molar-refractivity contribution in [3.05, 3.63) is 0 Å². The third kappa shape index (κ3) is 3.89. The molecule has 1 heteroatoms. The van der Waals surface area contributed by atoms with Crippen LogP contribution in [0.25, 0.3) is 0 Å². The van der Waals surface area contributed by atoms with Crippen LogP contribution in [-0.4, -0.2) is 12.3 Å². The molecule has 0 bridgehead atoms. The van der Waals surface area contributed by atoms with Gasteiger partial charge in [0.15, 0.2) is 0 Å². The monoisotopic (exact) mass is 167 g/mol. The molecule has 1 fully saturated rings. The fraction of sp³-hybridized carbons (Fsp3) is 0.909. The maximum absolute atomic E-state index is 4.60. The van der Waals surface area contributed by atoms with Gasteiger partial charge in [0.05, 0.1) is 0 Å². The molecule has 0 heterocycles. The van der Waals surface area contributed by atoms with Gasteiger partial charge in [-0.15, -0.1) is 0 Å². The summed E-state index contributed by atoms with van der Waals surface area (Å²) in [6, 6.07) is 0.676. The molecule has 12 heavy (non-hydrogen) atoms. The first-order valence-electron chi connectivity index (χ1n) is 5.45. The molecule has 0 amide bonds. The first-order valence-corrected chi connectivity index (χ1v) is 5.45. The highest BCUT2D eigenvalue weighted by atomic mass is 14.8. The summed E-state index contributed by atoms with van der Waals surface area (Å²) < 4.78 is 0. The lowest BCUT2D eigenvalue weighted by molar-refractivity contribution is 0.444. The first-order chi connectivity index (χ1) is 5.93. The molecule has 0 aliphatic heterocycles. The molecule has 0 radical (unpaired) electrons. The van der Waals surface area contributed by atoms with Crippen LogP contribution in [-0.2, 0) is 0 Å². The van der Waals surface area contributed by atoms with Crippen molar-refractivity contribution in [1.29, 1.82) is 0 Å². The Morgan fingerprint density at radius 2 is 2.00 bits per heavy atom. The average molecular weight is 167 g/mol. The Kier molecular flexibility index (Phi) is 5.05. The number of aliphatic imine (C=N–C) groups is 1. The Morgan fingerprint density at radius 1 is 1.25 bits per heavy atom. The van der Waals surface area contributed by atoms with E-state index in [-0.39, 0.29) is 0 Å². The topological polar surface area (TPSA) is 12.4 Å². The van der Waals surface area contributed by atoms with Crippen molar-refractivity contribution in [1.82, 2.24) is 0 Å². The molecular weight excluding hydrogens is 146 g/mol. The molecule has 1 aliphatic carbocycles. The van der Waals surface area contributed by atoms with Crippen LogP contribution in [0, 0.1) is 0 Å². The number of hydrogen-bond acceptors (Lipinski definition) is 1. The first kappa shape index (κ1) is 9.76. The van der Waals surface area contributed by atoms with E-state index < -0.39 is 0 Å². The fourth-order valence-electron chi connectivity index (χ4n) is 1.75. The van der Waals surface area contributed by atoms with Crippen LogP contribution in [0.3, 0.4) is 0 Å². The molecular formula is C11H21N. The van der Waals surface area contributed by atoms with Crippen LogP contribution >= 0.6 is 0 Å². The van der Waals surface area contributed by atoms with E-state index in [9.17, 15) is 0 Å². The minimum absolute atomic E-state index is 0.676. The standard InChI is InChI=1S/C11H21N/c1-2-3-7-10-12-11-8-5-4-6-9-11/h10-11H,2-9H2,1H3. The number of rotatable bonds is 4. The second-order valence-corrected chi connectivity index (χ2v) is 3.77. The van der Waals surface area contributed by atoms with Gasteiger partial charge in [-0.25, -0.2) is 0 Å². The van der Waals surface area contributed by atoms with E-state index >= 15 is 0 Å². The normalized spacial score (nSPS) is 20.4. The number of hydrogen-bond donors (Lipinski definition) is 0. The van der Waals surface area contributed by atoms with E-state index in [1.807, 2.05) is 0 Å². The van der Waals surface area contributed by atoms with Gasteiger partial charge >= 0.3 is 0 Å². The summed E-state index contributed by atoms with van der Waals surface area (Å²) in [7, 11) is 0. The lowest BCUT2D eigenvalue weighted by atomic mass is 9.96. The van der Waals surface area contributed by atoms with Crippen LogP contribution in [0.15, 0.2) is 4.99 Å². The van der Waals surface area contributed by atoms with Crippen molar-refractivity contribution in [2.45, 2.75) is 64.3 Å². The lowest BCUT2D eigenvalue weighted by Gasteiger charge is -2.16. The molecule has 0 aromatic heterocycles. The lowest BCUT2D eigenvalue weighted by Crippen LogP contribution is -2.09. The molecule has 1 saturated carbocycles. The summed E-state index contributed by atoms with van der Waals surface area (Å²) >= 11 is 0. The highest BCUT2D eigenvalue weighted by molar-refractivity contribution is 5.57. The fourth-order valence-corrected chi connectivity index (χ4v) is 1.75. The molecule has 1 rings (SSSR count). The van der Waals surface area contributed by atoms with Gasteiger partial charge in [0.25, 0.3) is 0 Å². The Bertz CT molecular complexity index is 123. The SMILES string of the molecule is CCCCC=NC1CCCCC1. The van der Waals surface area contributed by atoms with Gasteiger partial charge in [0, 0.05) is 6.04 Å². The molecule has 70 valence electrons. The predicted octanol–water partition coefficient (Wildman–Crippen LogP) is 3.58. The van der Waals surface area contributed by atoms with Crippen molar-refractivity contribution >= 4 is 6.21 Å². The van der Waals surface area contributed by atoms with Gasteiger partial charge < -0.3 is 0 Å². The maximum Gasteiger partial charge on any atom is 0.0495 e. The zero-order valence-corrected chi connectivity index (χ0v) is 8.26. The van der Waals surface area contributed by atoms with E-state index in [0.717, 1.165) is 0 Å². The van der Waals surface area contributed by atoms with Gasteiger partial charge in [-0.05, 0) is 31.9 Å². The van der Waals surface area contributed by atoms with Crippen LogP contribution < -0.4 is 0 Å². The Hall–Kier alpha value is -0.330. The summed E-state index contributed by atoms with van der Waals surface area (Å²) in [4.78, 5) is 4.60. The van der Waals surface area contributed by atoms with Crippen LogP contribution in [0.2, 0.25) is 0 Å². The van der Waals surface area contributed by atoms with Gasteiger partial charge in [-0.2, -0.15) is 0 Å². The molecule has 0 aromatic carbocycles. The molecule has 0 spiro atoms. The third-order valence-electron chi connectivity index (χ3n) is 2.58. The van der Waals surface area contributed by atoms with Crippen molar-refractivity contribution in [3.8, 4) is 0 Å². The van der Waals surface area contributed by atoms with Gasteiger partial charge in [-0.3, -0.25) is 4.99 Å². The van der Waals surface area contributed by atoms with Gasteiger partial charge in [0.1, 0.15) is 0 Å². The summed E-state index contributed by atoms with van der Waals surface area (Å²) in [6.07, 6.45) is 12.8. The second-order valence-electron chi connectivity index (χ2n) is 3.77. The maximum atomic E-state index is 4.60. The second kappa shape index (κ2) is 6.22. The molecule has 0 atom stereocenters. The predicted molar refractivity (Wildman–Crippen MR) is 54.9 cm³/mol. The summed E-state index contributed by atoms with van der Waals surface area (Å²) in [5, 5.41) is 0. The number of unbranched alkanes of at least 4 members (excludes halogenated alkanes) is 2. The summed E-state index contributed by atoms with van der Waals surface area (Å²) in [6.45, 7) is 2.23. The minimum Gasteiger partial charge on any atom is -0.294 e. The quantitative estimate of drug-likeness (QED) is 0.448. The Morgan fingerprint density at radius 3 is 2.67 bits per heavy atom. The van der Waals surface area contributed by atoms with Gasteiger partial charge in [-0.1, -0.05) is 32.6 Å². The van der Waals surface area contributed by atoms with E-state index in [2.05, 4.69) is 18.1 Å². The van der Waals surface area contributed by atoms with Gasteiger partial charge in [0.2, 0.25) is 0 Å². The molecule has 0 unspecified atom stereocenters. The smallest absolute Gasteiger partial charge is 0.0495 e. The highest BCUT2D eigenvalue weighted by Gasteiger charge is 2.10. The summed E-state index contributed by atoms with van der Waals surface area (Å²) in [5.41, 5.74) is 0. The largest absolute Gasteiger partial charge is 0.294 e. The van der Waals surface area contributed by atoms with E-state index in [4.69, 9.17) is 0 Å². The van der Waals surface area contributed by atoms with Crippen molar-refractivity contribution in [2.75, 3.05) is 0 Å². The number of nitrogens with zero attached hydrogens (tertiary/aromatic N) is 1. The molecule has 1 nitrogen and oxygen atoms in total. The Labute approximate surface area is 76.3 Å². The zero-order valence-electron chi connectivity index (χ0n) is 8.26. The van der Waals surface area contributed by atoms with Crippen LogP contribution in [0.4, 0.5) is 0 Å². The molecule has 0 N–H and O–H groups in total. The van der Waals surface area contributed by atoms with Crippen molar-refractivity contribution in [3.63, 3.8) is 0 Å². The van der Waals surface area contributed by atoms with E-state index in [1.165, 1.54) is 51.4 Å². The van der Waals surface area contributed by atoms with E-state index in [0.29, 0.717) is 6.04 Å². The van der Waals surface area contributed by atoms with Crippen molar-refractivity contribution < 1.29 is 0 Å².